The van der Waals surface area contributed by atoms with Crippen molar-refractivity contribution in [1.82, 2.24) is 10.2 Å². The van der Waals surface area contributed by atoms with Crippen LogP contribution in [0.2, 0.25) is 10.0 Å². The first kappa shape index (κ1) is 29.0. The zero-order chi connectivity index (χ0) is 27.2. The monoisotopic (exact) mass is 625 g/mol. The standard InChI is InChI=1S/C26H26BrCl2N3O4S/c1-3-30-26(34)18(2)31(16-19-9-11-20(27)12-10-19)25(33)17-32(24-15-21(28)13-14-23(24)29)37(35,36)22-7-5-4-6-8-22/h4-15,18H,3,16-17H2,1-2H3,(H,30,34)/t18-/m0/s1. The van der Waals surface area contributed by atoms with Gasteiger partial charge in [0.15, 0.2) is 0 Å². The summed E-state index contributed by atoms with van der Waals surface area (Å²) in [5.41, 5.74) is 0.826. The van der Waals surface area contributed by atoms with Crippen LogP contribution in [0.1, 0.15) is 19.4 Å². The van der Waals surface area contributed by atoms with Gasteiger partial charge < -0.3 is 10.2 Å². The SMILES string of the molecule is CCNC(=O)[C@H](C)N(Cc1ccc(Br)cc1)C(=O)CN(c1cc(Cl)ccc1Cl)S(=O)(=O)c1ccccc1. The summed E-state index contributed by atoms with van der Waals surface area (Å²) in [6.07, 6.45) is 0. The number of nitrogens with one attached hydrogen (secondary N) is 1. The third-order valence-electron chi connectivity index (χ3n) is 5.57. The number of halogens is 3. The van der Waals surface area contributed by atoms with E-state index in [4.69, 9.17) is 23.2 Å². The molecule has 0 aliphatic carbocycles. The predicted octanol–water partition coefficient (Wildman–Crippen LogP) is 5.50. The quantitative estimate of drug-likeness (QED) is 0.322. The van der Waals surface area contributed by atoms with Crippen LogP contribution in [0.25, 0.3) is 0 Å². The van der Waals surface area contributed by atoms with Gasteiger partial charge in [0.25, 0.3) is 10.0 Å². The molecule has 0 fully saturated rings. The number of likely N-dealkylation sites (N-methyl/N-ethyl adjacent to an activating group) is 1. The Labute approximate surface area is 235 Å². The van der Waals surface area contributed by atoms with Gasteiger partial charge in [0, 0.05) is 22.6 Å². The zero-order valence-electron chi connectivity index (χ0n) is 20.2. The average Bonchev–Trinajstić information content (AvgIpc) is 2.88. The summed E-state index contributed by atoms with van der Waals surface area (Å²) < 4.78 is 29.2. The summed E-state index contributed by atoms with van der Waals surface area (Å²) in [5, 5.41) is 3.08. The van der Waals surface area contributed by atoms with Crippen LogP contribution in [-0.4, -0.2) is 44.3 Å². The smallest absolute Gasteiger partial charge is 0.264 e. The van der Waals surface area contributed by atoms with Crippen LogP contribution in [-0.2, 0) is 26.2 Å². The van der Waals surface area contributed by atoms with Crippen molar-refractivity contribution in [2.24, 2.45) is 0 Å². The largest absolute Gasteiger partial charge is 0.355 e. The van der Waals surface area contributed by atoms with Gasteiger partial charge in [-0.05, 0) is 61.9 Å². The molecule has 3 aromatic rings. The van der Waals surface area contributed by atoms with Crippen LogP contribution in [0.3, 0.4) is 0 Å². The molecule has 0 aliphatic heterocycles. The fraction of sp³-hybridized carbons (Fsp3) is 0.231. The van der Waals surface area contributed by atoms with Gasteiger partial charge in [0.05, 0.1) is 15.6 Å². The molecule has 0 radical (unpaired) electrons. The summed E-state index contributed by atoms with van der Waals surface area (Å²) in [4.78, 5) is 27.8. The molecule has 0 bridgehead atoms. The molecule has 11 heteroatoms. The Balaban J connectivity index is 2.05. The maximum atomic E-state index is 13.8. The molecular weight excluding hydrogens is 601 g/mol. The van der Waals surface area contributed by atoms with Crippen LogP contribution in [0, 0.1) is 0 Å². The first-order chi connectivity index (χ1) is 17.5. The maximum absolute atomic E-state index is 13.8. The van der Waals surface area contributed by atoms with Crippen LogP contribution < -0.4 is 9.62 Å². The minimum Gasteiger partial charge on any atom is -0.355 e. The van der Waals surface area contributed by atoms with Crippen molar-refractivity contribution in [1.29, 1.82) is 0 Å². The molecule has 0 heterocycles. The van der Waals surface area contributed by atoms with Crippen molar-refractivity contribution in [2.45, 2.75) is 31.3 Å². The normalized spacial score (nSPS) is 12.0. The molecular formula is C26H26BrCl2N3O4S. The predicted molar refractivity (Wildman–Crippen MR) is 150 cm³/mol. The van der Waals surface area contributed by atoms with Crippen LogP contribution >= 0.6 is 39.1 Å². The molecule has 3 aromatic carbocycles. The number of anilines is 1. The van der Waals surface area contributed by atoms with Gasteiger partial charge in [-0.3, -0.25) is 13.9 Å². The van der Waals surface area contributed by atoms with E-state index in [1.165, 1.54) is 35.2 Å². The summed E-state index contributed by atoms with van der Waals surface area (Å²) in [5.74, 6) is -0.941. The van der Waals surface area contributed by atoms with E-state index < -0.39 is 28.5 Å². The number of benzene rings is 3. The Bertz CT molecular complexity index is 1360. The Hall–Kier alpha value is -2.59. The lowest BCUT2D eigenvalue weighted by molar-refractivity contribution is -0.139. The summed E-state index contributed by atoms with van der Waals surface area (Å²) in [6.45, 7) is 3.26. The Kier molecular flexibility index (Phi) is 10.0. The van der Waals surface area contributed by atoms with Crippen molar-refractivity contribution in [3.8, 4) is 0 Å². The molecule has 0 aromatic heterocycles. The van der Waals surface area contributed by atoms with Gasteiger partial charge in [0.1, 0.15) is 12.6 Å². The highest BCUT2D eigenvalue weighted by molar-refractivity contribution is 9.10. The Morgan fingerprint density at radius 3 is 2.27 bits per heavy atom. The van der Waals surface area contributed by atoms with Crippen LogP contribution in [0.15, 0.2) is 82.2 Å². The third kappa shape index (κ3) is 7.25. The highest BCUT2D eigenvalue weighted by atomic mass is 79.9. The molecule has 0 saturated heterocycles. The molecule has 0 aliphatic rings. The van der Waals surface area contributed by atoms with Crippen molar-refractivity contribution in [2.75, 3.05) is 17.4 Å². The van der Waals surface area contributed by atoms with Gasteiger partial charge in [-0.15, -0.1) is 0 Å². The molecule has 7 nitrogen and oxygen atoms in total. The lowest BCUT2D eigenvalue weighted by Gasteiger charge is -2.32. The third-order valence-corrected chi connectivity index (χ3v) is 8.43. The number of carbonyl (C=O) groups excluding carboxylic acids is 2. The van der Waals surface area contributed by atoms with Crippen LogP contribution in [0.5, 0.6) is 0 Å². The molecule has 2 amide bonds. The van der Waals surface area contributed by atoms with Gasteiger partial charge in [-0.25, -0.2) is 8.42 Å². The molecule has 37 heavy (non-hydrogen) atoms. The maximum Gasteiger partial charge on any atom is 0.264 e. The number of nitrogens with zero attached hydrogens (tertiary/aromatic N) is 2. The van der Waals surface area contributed by atoms with E-state index in [0.717, 1.165) is 14.3 Å². The molecule has 196 valence electrons. The van der Waals surface area contributed by atoms with E-state index in [1.54, 1.807) is 32.0 Å². The summed E-state index contributed by atoms with van der Waals surface area (Å²) in [7, 11) is -4.22. The molecule has 3 rings (SSSR count). The molecule has 0 spiro atoms. The molecule has 1 atom stereocenters. The van der Waals surface area contributed by atoms with Gasteiger partial charge in [-0.1, -0.05) is 69.5 Å². The Morgan fingerprint density at radius 1 is 1.00 bits per heavy atom. The molecule has 0 unspecified atom stereocenters. The zero-order valence-corrected chi connectivity index (χ0v) is 24.1. The van der Waals surface area contributed by atoms with E-state index in [1.807, 2.05) is 24.3 Å². The summed E-state index contributed by atoms with van der Waals surface area (Å²) in [6, 6.07) is 18.5. The fourth-order valence-electron chi connectivity index (χ4n) is 3.60. The van der Waals surface area contributed by atoms with Crippen molar-refractivity contribution >= 4 is 66.7 Å². The second-order valence-electron chi connectivity index (χ2n) is 8.14. The number of hydrogen-bond donors (Lipinski definition) is 1. The van der Waals surface area contributed by atoms with E-state index in [0.29, 0.717) is 6.54 Å². The number of hydrogen-bond acceptors (Lipinski definition) is 4. The Morgan fingerprint density at radius 2 is 1.65 bits per heavy atom. The van der Waals surface area contributed by atoms with E-state index in [9.17, 15) is 18.0 Å². The van der Waals surface area contributed by atoms with E-state index in [2.05, 4.69) is 21.2 Å². The van der Waals surface area contributed by atoms with Crippen LogP contribution in [0.4, 0.5) is 5.69 Å². The number of amides is 2. The van der Waals surface area contributed by atoms with Gasteiger partial charge >= 0.3 is 0 Å². The first-order valence-electron chi connectivity index (χ1n) is 11.4. The van der Waals surface area contributed by atoms with E-state index >= 15 is 0 Å². The topological polar surface area (TPSA) is 86.8 Å². The molecule has 1 N–H and O–H groups in total. The van der Waals surface area contributed by atoms with Gasteiger partial charge in [-0.2, -0.15) is 0 Å². The number of sulfonamides is 1. The highest BCUT2D eigenvalue weighted by Gasteiger charge is 2.33. The minimum absolute atomic E-state index is 0.0184. The number of rotatable bonds is 10. The fourth-order valence-corrected chi connectivity index (χ4v) is 5.75. The minimum atomic E-state index is -4.22. The lowest BCUT2D eigenvalue weighted by Crippen LogP contribution is -2.51. The van der Waals surface area contributed by atoms with Crippen molar-refractivity contribution in [3.63, 3.8) is 0 Å². The lowest BCUT2D eigenvalue weighted by atomic mass is 10.1. The average molecular weight is 627 g/mol. The second-order valence-corrected chi connectivity index (χ2v) is 11.8. The highest BCUT2D eigenvalue weighted by Crippen LogP contribution is 2.33. The van der Waals surface area contributed by atoms with E-state index in [-0.39, 0.29) is 33.1 Å². The summed E-state index contributed by atoms with van der Waals surface area (Å²) >= 11 is 15.9. The molecule has 0 saturated carbocycles. The number of carbonyl (C=O) groups is 2. The van der Waals surface area contributed by atoms with Gasteiger partial charge in [0.2, 0.25) is 11.8 Å². The van der Waals surface area contributed by atoms with Crippen molar-refractivity contribution < 1.29 is 18.0 Å². The van der Waals surface area contributed by atoms with Crippen molar-refractivity contribution in [3.05, 3.63) is 92.9 Å². The first-order valence-corrected chi connectivity index (χ1v) is 14.4. The second kappa shape index (κ2) is 12.8.